The molecule has 0 atom stereocenters. The largest absolute Gasteiger partial charge is 0.337 e. The summed E-state index contributed by atoms with van der Waals surface area (Å²) in [6, 6.07) is 8.55. The molecule has 5 rings (SSSR count). The van der Waals surface area contributed by atoms with Crippen molar-refractivity contribution in [2.24, 2.45) is 0 Å². The van der Waals surface area contributed by atoms with Crippen molar-refractivity contribution in [2.75, 3.05) is 32.7 Å². The SMILES string of the molecule is O=C(c1cc2n(n1)CCCN(Cc1cccc(F)c1)C2=O)N1CCC(N2CCCCC2)CC1. The van der Waals surface area contributed by atoms with Crippen LogP contribution in [0, 0.1) is 5.82 Å². The fraction of sp³-hybridized carbons (Fsp3) is 0.560. The van der Waals surface area contributed by atoms with Gasteiger partial charge in [0.2, 0.25) is 0 Å². The third kappa shape index (κ3) is 4.81. The maximum atomic E-state index is 13.6. The van der Waals surface area contributed by atoms with E-state index in [2.05, 4.69) is 10.00 Å². The molecule has 2 aromatic rings. The molecular weight excluding hydrogens is 421 g/mol. The molecule has 0 bridgehead atoms. The van der Waals surface area contributed by atoms with Gasteiger partial charge in [0.25, 0.3) is 11.8 Å². The Hall–Kier alpha value is -2.74. The highest BCUT2D eigenvalue weighted by Gasteiger charge is 2.31. The van der Waals surface area contributed by atoms with Crippen molar-refractivity contribution >= 4 is 11.8 Å². The van der Waals surface area contributed by atoms with Gasteiger partial charge in [-0.3, -0.25) is 14.3 Å². The number of aryl methyl sites for hydroxylation is 1. The van der Waals surface area contributed by atoms with Gasteiger partial charge in [-0.25, -0.2) is 4.39 Å². The van der Waals surface area contributed by atoms with E-state index < -0.39 is 0 Å². The Labute approximate surface area is 194 Å². The van der Waals surface area contributed by atoms with Gasteiger partial charge >= 0.3 is 0 Å². The van der Waals surface area contributed by atoms with E-state index in [1.165, 1.54) is 44.5 Å². The van der Waals surface area contributed by atoms with E-state index in [4.69, 9.17) is 0 Å². The van der Waals surface area contributed by atoms with E-state index in [-0.39, 0.29) is 17.6 Å². The molecule has 0 unspecified atom stereocenters. The lowest BCUT2D eigenvalue weighted by Crippen LogP contribution is -2.48. The molecule has 1 aromatic heterocycles. The number of hydrogen-bond acceptors (Lipinski definition) is 4. The number of hydrogen-bond donors (Lipinski definition) is 0. The number of amides is 2. The second kappa shape index (κ2) is 9.63. The zero-order valence-electron chi connectivity index (χ0n) is 19.1. The zero-order valence-corrected chi connectivity index (χ0v) is 19.1. The summed E-state index contributed by atoms with van der Waals surface area (Å²) in [5.74, 6) is -0.555. The van der Waals surface area contributed by atoms with Gasteiger partial charge in [0.05, 0.1) is 0 Å². The van der Waals surface area contributed by atoms with Gasteiger partial charge in [-0.15, -0.1) is 0 Å². The number of nitrogens with zero attached hydrogens (tertiary/aromatic N) is 5. The Bertz CT molecular complexity index is 1010. The van der Waals surface area contributed by atoms with Gasteiger partial charge in [0, 0.05) is 44.8 Å². The highest BCUT2D eigenvalue weighted by atomic mass is 19.1. The van der Waals surface area contributed by atoms with Crippen molar-refractivity contribution in [3.8, 4) is 0 Å². The molecular formula is C25H32FN5O2. The summed E-state index contributed by atoms with van der Waals surface area (Å²) < 4.78 is 15.2. The highest BCUT2D eigenvalue weighted by molar-refractivity contribution is 5.98. The number of halogens is 1. The minimum absolute atomic E-state index is 0.0860. The van der Waals surface area contributed by atoms with E-state index >= 15 is 0 Å². The number of aromatic nitrogens is 2. The molecule has 176 valence electrons. The number of benzene rings is 1. The van der Waals surface area contributed by atoms with Crippen molar-refractivity contribution in [1.29, 1.82) is 0 Å². The summed E-state index contributed by atoms with van der Waals surface area (Å²) >= 11 is 0. The summed E-state index contributed by atoms with van der Waals surface area (Å²) in [4.78, 5) is 32.6. The first-order valence-corrected chi connectivity index (χ1v) is 12.2. The second-order valence-electron chi connectivity index (χ2n) is 9.47. The van der Waals surface area contributed by atoms with Gasteiger partial charge in [0.15, 0.2) is 5.69 Å². The Kier molecular flexibility index (Phi) is 6.44. The van der Waals surface area contributed by atoms with Crippen molar-refractivity contribution in [2.45, 2.75) is 57.7 Å². The van der Waals surface area contributed by atoms with Gasteiger partial charge in [-0.1, -0.05) is 18.6 Å². The molecule has 2 fully saturated rings. The van der Waals surface area contributed by atoms with Crippen LogP contribution >= 0.6 is 0 Å². The predicted molar refractivity (Wildman–Crippen MR) is 122 cm³/mol. The van der Waals surface area contributed by atoms with Crippen LogP contribution in [-0.2, 0) is 13.1 Å². The standard InChI is InChI=1S/C25H32FN5O2/c26-20-7-4-6-19(16-20)18-30-12-5-13-31-23(25(30)33)17-22(27-31)24(32)29-14-8-21(9-15-29)28-10-2-1-3-11-28/h4,6-7,16-17,21H,1-3,5,8-15,18H2. The first-order chi connectivity index (χ1) is 16.1. The summed E-state index contributed by atoms with van der Waals surface area (Å²) in [7, 11) is 0. The molecule has 0 aliphatic carbocycles. The van der Waals surface area contributed by atoms with Crippen LogP contribution in [0.1, 0.15) is 65.1 Å². The van der Waals surface area contributed by atoms with E-state index in [0.717, 1.165) is 37.9 Å². The number of piperidine rings is 2. The van der Waals surface area contributed by atoms with Gasteiger partial charge < -0.3 is 14.7 Å². The lowest BCUT2D eigenvalue weighted by Gasteiger charge is -2.40. The Morgan fingerprint density at radius 2 is 1.76 bits per heavy atom. The van der Waals surface area contributed by atoms with Crippen molar-refractivity contribution < 1.29 is 14.0 Å². The summed E-state index contributed by atoms with van der Waals surface area (Å²) in [6.45, 7) is 5.34. The Balaban J connectivity index is 1.25. The van der Waals surface area contributed by atoms with Crippen LogP contribution in [0.3, 0.4) is 0 Å². The highest BCUT2D eigenvalue weighted by Crippen LogP contribution is 2.23. The van der Waals surface area contributed by atoms with Crippen molar-refractivity contribution in [3.63, 3.8) is 0 Å². The monoisotopic (exact) mass is 453 g/mol. The van der Waals surface area contributed by atoms with Crippen LogP contribution < -0.4 is 0 Å². The molecule has 1 aromatic carbocycles. The molecule has 0 spiro atoms. The second-order valence-corrected chi connectivity index (χ2v) is 9.47. The Morgan fingerprint density at radius 1 is 0.970 bits per heavy atom. The molecule has 4 heterocycles. The fourth-order valence-corrected chi connectivity index (χ4v) is 5.42. The number of carbonyl (C=O) groups excluding carboxylic acids is 2. The minimum Gasteiger partial charge on any atom is -0.337 e. The van der Waals surface area contributed by atoms with Gasteiger partial charge in [-0.05, 0) is 62.9 Å². The number of likely N-dealkylation sites (tertiary alicyclic amines) is 2. The molecule has 0 saturated carbocycles. The smallest absolute Gasteiger partial charge is 0.274 e. The minimum atomic E-state index is -0.309. The molecule has 0 N–H and O–H groups in total. The van der Waals surface area contributed by atoms with Gasteiger partial charge in [-0.2, -0.15) is 5.10 Å². The third-order valence-corrected chi connectivity index (χ3v) is 7.22. The van der Waals surface area contributed by atoms with Crippen molar-refractivity contribution in [3.05, 3.63) is 53.1 Å². The molecule has 2 amide bonds. The van der Waals surface area contributed by atoms with Crippen LogP contribution in [-0.4, -0.2) is 75.1 Å². The summed E-state index contributed by atoms with van der Waals surface area (Å²) in [5, 5.41) is 4.51. The Morgan fingerprint density at radius 3 is 2.52 bits per heavy atom. The molecule has 2 saturated heterocycles. The fourth-order valence-electron chi connectivity index (χ4n) is 5.42. The summed E-state index contributed by atoms with van der Waals surface area (Å²) in [5.41, 5.74) is 1.54. The lowest BCUT2D eigenvalue weighted by molar-refractivity contribution is 0.0584. The topological polar surface area (TPSA) is 61.7 Å². The van der Waals surface area contributed by atoms with Crippen LogP contribution in [0.4, 0.5) is 4.39 Å². The van der Waals surface area contributed by atoms with Crippen LogP contribution in [0.5, 0.6) is 0 Å². The van der Waals surface area contributed by atoms with E-state index in [1.54, 1.807) is 21.7 Å². The average Bonchev–Trinajstić information content (AvgIpc) is 3.21. The van der Waals surface area contributed by atoms with E-state index in [1.807, 2.05) is 11.0 Å². The van der Waals surface area contributed by atoms with Crippen LogP contribution in [0.2, 0.25) is 0 Å². The summed E-state index contributed by atoms with van der Waals surface area (Å²) in [6.07, 6.45) is 6.63. The maximum Gasteiger partial charge on any atom is 0.274 e. The molecule has 8 heteroatoms. The first kappa shape index (κ1) is 22.1. The molecule has 0 radical (unpaired) electrons. The maximum absolute atomic E-state index is 13.6. The van der Waals surface area contributed by atoms with Crippen LogP contribution in [0.15, 0.2) is 30.3 Å². The van der Waals surface area contributed by atoms with E-state index in [0.29, 0.717) is 37.1 Å². The quantitative estimate of drug-likeness (QED) is 0.714. The number of fused-ring (bicyclic) bond motifs is 1. The predicted octanol–water partition coefficient (Wildman–Crippen LogP) is 3.16. The molecule has 7 nitrogen and oxygen atoms in total. The number of carbonyl (C=O) groups is 2. The average molecular weight is 454 g/mol. The molecule has 3 aliphatic heterocycles. The molecule has 3 aliphatic rings. The van der Waals surface area contributed by atoms with E-state index in [9.17, 15) is 14.0 Å². The third-order valence-electron chi connectivity index (χ3n) is 7.22. The zero-order chi connectivity index (χ0) is 22.8. The normalized spacial score (nSPS) is 20.6. The number of rotatable bonds is 4. The van der Waals surface area contributed by atoms with Crippen molar-refractivity contribution in [1.82, 2.24) is 24.5 Å². The lowest BCUT2D eigenvalue weighted by atomic mass is 9.99. The van der Waals surface area contributed by atoms with Crippen LogP contribution in [0.25, 0.3) is 0 Å². The first-order valence-electron chi connectivity index (χ1n) is 12.2. The molecule has 33 heavy (non-hydrogen) atoms. The van der Waals surface area contributed by atoms with Gasteiger partial charge in [0.1, 0.15) is 11.5 Å².